The molecule has 1 amide bonds. The molecule has 1 saturated carbocycles. The van der Waals surface area contributed by atoms with Crippen molar-refractivity contribution in [2.45, 2.75) is 38.3 Å². The highest BCUT2D eigenvalue weighted by atomic mass is 32.2. The van der Waals surface area contributed by atoms with Gasteiger partial charge in [-0.1, -0.05) is 6.92 Å². The molecule has 1 fully saturated rings. The van der Waals surface area contributed by atoms with Crippen molar-refractivity contribution in [2.75, 3.05) is 11.5 Å². The first kappa shape index (κ1) is 10.9. The van der Waals surface area contributed by atoms with Crippen molar-refractivity contribution in [2.24, 2.45) is 5.73 Å². The Balaban J connectivity index is 2.19. The van der Waals surface area contributed by atoms with Crippen molar-refractivity contribution < 1.29 is 4.79 Å². The van der Waals surface area contributed by atoms with Crippen LogP contribution in [0.4, 0.5) is 0 Å². The number of nitrogens with one attached hydrogen (secondary N) is 1. The van der Waals surface area contributed by atoms with Gasteiger partial charge in [0, 0.05) is 11.8 Å². The van der Waals surface area contributed by atoms with Gasteiger partial charge in [0.15, 0.2) is 0 Å². The van der Waals surface area contributed by atoms with Crippen LogP contribution in [0.25, 0.3) is 0 Å². The molecule has 1 aliphatic carbocycles. The summed E-state index contributed by atoms with van der Waals surface area (Å²) in [5, 5.41) is 2.93. The minimum atomic E-state index is -0.523. The maximum atomic E-state index is 11.5. The molecule has 0 radical (unpaired) electrons. The predicted octanol–water partition coefficient (Wildman–Crippen LogP) is 0.735. The number of carbonyl (C=O) groups excluding carboxylic acids is 1. The van der Waals surface area contributed by atoms with Gasteiger partial charge in [-0.2, -0.15) is 11.8 Å². The zero-order chi connectivity index (χ0) is 9.90. The lowest BCUT2D eigenvalue weighted by molar-refractivity contribution is -0.123. The van der Waals surface area contributed by atoms with E-state index in [1.807, 2.05) is 18.7 Å². The van der Waals surface area contributed by atoms with Crippen LogP contribution in [0.15, 0.2) is 0 Å². The Labute approximate surface area is 83.8 Å². The molecule has 0 heterocycles. The Kier molecular flexibility index (Phi) is 3.62. The van der Waals surface area contributed by atoms with E-state index in [4.69, 9.17) is 5.73 Å². The Bertz CT molecular complexity index is 192. The molecule has 0 bridgehead atoms. The van der Waals surface area contributed by atoms with Crippen molar-refractivity contribution in [3.63, 3.8) is 0 Å². The largest absolute Gasteiger partial charge is 0.351 e. The van der Waals surface area contributed by atoms with Crippen LogP contribution < -0.4 is 11.1 Å². The average molecular weight is 202 g/mol. The average Bonchev–Trinajstić information content (AvgIpc) is 2.81. The molecule has 0 saturated heterocycles. The van der Waals surface area contributed by atoms with E-state index in [-0.39, 0.29) is 11.9 Å². The third-order valence-corrected chi connectivity index (χ3v) is 3.33. The summed E-state index contributed by atoms with van der Waals surface area (Å²) in [6.45, 7) is 4.14. The molecular weight excluding hydrogens is 184 g/mol. The molecule has 0 aliphatic heterocycles. The number of hydrogen-bond donors (Lipinski definition) is 2. The Hall–Kier alpha value is -0.220. The maximum absolute atomic E-state index is 11.5. The molecule has 1 rings (SSSR count). The van der Waals surface area contributed by atoms with E-state index in [2.05, 4.69) is 12.2 Å². The molecule has 1 atom stereocenters. The van der Waals surface area contributed by atoms with Gasteiger partial charge in [0.05, 0.1) is 5.54 Å². The van der Waals surface area contributed by atoms with Gasteiger partial charge in [0.2, 0.25) is 5.91 Å². The van der Waals surface area contributed by atoms with Crippen LogP contribution in [0.1, 0.15) is 26.7 Å². The highest BCUT2D eigenvalue weighted by Crippen LogP contribution is 2.32. The number of carbonyl (C=O) groups is 1. The quantitative estimate of drug-likeness (QED) is 0.691. The van der Waals surface area contributed by atoms with Gasteiger partial charge >= 0.3 is 0 Å². The fraction of sp³-hybridized carbons (Fsp3) is 0.889. The Morgan fingerprint density at radius 3 is 2.77 bits per heavy atom. The Morgan fingerprint density at radius 1 is 1.69 bits per heavy atom. The first-order valence-electron chi connectivity index (χ1n) is 4.76. The van der Waals surface area contributed by atoms with Crippen LogP contribution in [0.3, 0.4) is 0 Å². The van der Waals surface area contributed by atoms with Crippen molar-refractivity contribution >= 4 is 17.7 Å². The molecule has 4 heteroatoms. The molecule has 0 aromatic carbocycles. The summed E-state index contributed by atoms with van der Waals surface area (Å²) in [5.41, 5.74) is 5.23. The highest BCUT2D eigenvalue weighted by molar-refractivity contribution is 7.99. The van der Waals surface area contributed by atoms with Gasteiger partial charge in [-0.3, -0.25) is 4.79 Å². The van der Waals surface area contributed by atoms with Gasteiger partial charge < -0.3 is 11.1 Å². The molecule has 1 aliphatic rings. The van der Waals surface area contributed by atoms with Crippen LogP contribution in [0.2, 0.25) is 0 Å². The monoisotopic (exact) mass is 202 g/mol. The summed E-state index contributed by atoms with van der Waals surface area (Å²) in [7, 11) is 0. The third-order valence-electron chi connectivity index (χ3n) is 2.19. The van der Waals surface area contributed by atoms with Gasteiger partial charge in [-0.25, -0.2) is 0 Å². The van der Waals surface area contributed by atoms with E-state index < -0.39 is 5.54 Å². The van der Waals surface area contributed by atoms with Crippen LogP contribution in [0, 0.1) is 0 Å². The van der Waals surface area contributed by atoms with Crippen LogP contribution >= 0.6 is 11.8 Å². The van der Waals surface area contributed by atoms with E-state index in [1.54, 1.807) is 0 Å². The molecule has 3 nitrogen and oxygen atoms in total. The standard InChI is InChI=1S/C9H18N2OS/c1-3-13-6-7(2)11-8(12)9(10)4-5-9/h7H,3-6,10H2,1-2H3,(H,11,12). The van der Waals surface area contributed by atoms with Crippen LogP contribution in [-0.2, 0) is 4.79 Å². The lowest BCUT2D eigenvalue weighted by Gasteiger charge is -2.16. The molecule has 13 heavy (non-hydrogen) atoms. The van der Waals surface area contributed by atoms with Crippen LogP contribution in [-0.4, -0.2) is 29.0 Å². The van der Waals surface area contributed by atoms with E-state index in [0.29, 0.717) is 0 Å². The van der Waals surface area contributed by atoms with Gasteiger partial charge in [0.25, 0.3) is 0 Å². The molecule has 3 N–H and O–H groups in total. The fourth-order valence-corrected chi connectivity index (χ4v) is 1.74. The summed E-state index contributed by atoms with van der Waals surface area (Å²) in [5.74, 6) is 2.09. The van der Waals surface area contributed by atoms with Gasteiger partial charge in [-0.05, 0) is 25.5 Å². The van der Waals surface area contributed by atoms with E-state index in [1.165, 1.54) is 0 Å². The number of amides is 1. The van der Waals surface area contributed by atoms with Gasteiger partial charge in [-0.15, -0.1) is 0 Å². The third kappa shape index (κ3) is 3.19. The number of rotatable bonds is 5. The second kappa shape index (κ2) is 4.33. The molecule has 0 aromatic rings. The van der Waals surface area contributed by atoms with Crippen molar-refractivity contribution in [3.05, 3.63) is 0 Å². The second-order valence-electron chi connectivity index (χ2n) is 3.69. The summed E-state index contributed by atoms with van der Waals surface area (Å²) < 4.78 is 0. The SMILES string of the molecule is CCSCC(C)NC(=O)C1(N)CC1. The minimum Gasteiger partial charge on any atom is -0.351 e. The molecule has 76 valence electrons. The summed E-state index contributed by atoms with van der Waals surface area (Å²) in [6, 6.07) is 0.235. The first-order valence-corrected chi connectivity index (χ1v) is 5.91. The molecular formula is C9H18N2OS. The zero-order valence-corrected chi connectivity index (χ0v) is 9.12. The number of nitrogens with two attached hydrogens (primary N) is 1. The van der Waals surface area contributed by atoms with Crippen molar-refractivity contribution in [3.8, 4) is 0 Å². The normalized spacial score (nSPS) is 20.8. The molecule has 1 unspecified atom stereocenters. The second-order valence-corrected chi connectivity index (χ2v) is 5.01. The van der Waals surface area contributed by atoms with Gasteiger partial charge in [0.1, 0.15) is 0 Å². The fourth-order valence-electron chi connectivity index (χ4n) is 1.07. The topological polar surface area (TPSA) is 55.1 Å². The van der Waals surface area contributed by atoms with E-state index in [9.17, 15) is 4.79 Å². The highest BCUT2D eigenvalue weighted by Gasteiger charge is 2.46. The van der Waals surface area contributed by atoms with E-state index in [0.717, 1.165) is 24.3 Å². The van der Waals surface area contributed by atoms with Crippen molar-refractivity contribution in [1.82, 2.24) is 5.32 Å². The zero-order valence-electron chi connectivity index (χ0n) is 8.30. The predicted molar refractivity (Wildman–Crippen MR) is 56.8 cm³/mol. The molecule has 0 spiro atoms. The summed E-state index contributed by atoms with van der Waals surface area (Å²) in [4.78, 5) is 11.5. The van der Waals surface area contributed by atoms with Crippen LogP contribution in [0.5, 0.6) is 0 Å². The lowest BCUT2D eigenvalue weighted by Crippen LogP contribution is -2.46. The van der Waals surface area contributed by atoms with Crippen molar-refractivity contribution in [1.29, 1.82) is 0 Å². The maximum Gasteiger partial charge on any atom is 0.240 e. The lowest BCUT2D eigenvalue weighted by atomic mass is 10.2. The first-order chi connectivity index (χ1) is 6.08. The number of thioether (sulfide) groups is 1. The number of hydrogen-bond acceptors (Lipinski definition) is 3. The smallest absolute Gasteiger partial charge is 0.240 e. The van der Waals surface area contributed by atoms with E-state index >= 15 is 0 Å². The summed E-state index contributed by atoms with van der Waals surface area (Å²) in [6.07, 6.45) is 1.68. The minimum absolute atomic E-state index is 0.0247. The Morgan fingerprint density at radius 2 is 2.31 bits per heavy atom. The molecule has 0 aromatic heterocycles. The summed E-state index contributed by atoms with van der Waals surface area (Å²) >= 11 is 1.83.